The van der Waals surface area contributed by atoms with Gasteiger partial charge in [-0.3, -0.25) is 9.48 Å². The van der Waals surface area contributed by atoms with E-state index >= 15 is 0 Å². The van der Waals surface area contributed by atoms with Crippen molar-refractivity contribution in [1.82, 2.24) is 19.9 Å². The Balaban J connectivity index is 0.00000323. The summed E-state index contributed by atoms with van der Waals surface area (Å²) in [4.78, 5) is 16.7. The molecule has 0 radical (unpaired) electrons. The molecule has 206 valence electrons. The summed E-state index contributed by atoms with van der Waals surface area (Å²) in [6, 6.07) is 12.5. The Morgan fingerprint density at radius 3 is 2.54 bits per heavy atom. The summed E-state index contributed by atoms with van der Waals surface area (Å²) in [5.74, 6) is 0.318. The van der Waals surface area contributed by atoms with Crippen LogP contribution in [0.4, 0.5) is 18.9 Å². The molecule has 2 fully saturated rings. The van der Waals surface area contributed by atoms with E-state index in [0.29, 0.717) is 24.1 Å². The number of alkyl halides is 3. The van der Waals surface area contributed by atoms with Crippen LogP contribution in [0.25, 0.3) is 0 Å². The van der Waals surface area contributed by atoms with Crippen LogP contribution in [0, 0.1) is 17.2 Å². The van der Waals surface area contributed by atoms with Gasteiger partial charge in [-0.2, -0.15) is 18.4 Å². The van der Waals surface area contributed by atoms with Gasteiger partial charge in [0.1, 0.15) is 0 Å². The van der Waals surface area contributed by atoms with Crippen LogP contribution < -0.4 is 10.2 Å². The first kappa shape index (κ1) is 25.7. The normalized spacial score (nSPS) is 23.8. The molecule has 1 amide bonds. The van der Waals surface area contributed by atoms with Crippen molar-refractivity contribution in [2.75, 3.05) is 4.90 Å². The molecular weight excluding hydrogens is 505 g/mol. The smallest absolute Gasteiger partial charge is 0.307 e. The lowest BCUT2D eigenvalue weighted by atomic mass is 9.58. The van der Waals surface area contributed by atoms with Crippen molar-refractivity contribution in [1.29, 1.82) is 5.26 Å². The minimum Gasteiger partial charge on any atom is -0.307 e. The number of aromatic nitrogens is 3. The maximum Gasteiger partial charge on any atom is 0.416 e. The molecule has 1 aliphatic heterocycles. The first-order chi connectivity index (χ1) is 18.4. The van der Waals surface area contributed by atoms with Gasteiger partial charge in [0, 0.05) is 44.8 Å². The fourth-order valence-electron chi connectivity index (χ4n) is 6.40. The van der Waals surface area contributed by atoms with Gasteiger partial charge < -0.3 is 10.2 Å². The van der Waals surface area contributed by atoms with Crippen molar-refractivity contribution in [3.8, 4) is 6.07 Å². The zero-order valence-electron chi connectivity index (χ0n) is 22.3. The number of rotatable bonds is 6. The van der Waals surface area contributed by atoms with Gasteiger partial charge in [-0.15, -0.1) is 5.10 Å². The number of benzene rings is 2. The number of anilines is 1. The van der Waals surface area contributed by atoms with Gasteiger partial charge in [0.2, 0.25) is 0 Å². The summed E-state index contributed by atoms with van der Waals surface area (Å²) >= 11 is 0. The lowest BCUT2D eigenvalue weighted by molar-refractivity contribution is -0.138. The molecule has 2 saturated carbocycles. The predicted octanol–water partition coefficient (Wildman–Crippen LogP) is 5.44. The molecule has 0 saturated heterocycles. The third-order valence-corrected chi connectivity index (χ3v) is 9.07. The standard InChI is InChI=1S/C29H31F3N6O.H2/c1-27(8-5-9-27)34-16-18-10-22-23(24(11-18)29(30,31)32)17-38(25(22)39)21-7-4-6-20(12-21)28(13-19(14-28)15-33)26-35-37(3)36(26)2;/h4,6-7,10-12,19,34H,5,8-9,13-14,16-17H2,1-3H3;1H. The number of carbonyl (C=O) groups excluding carboxylic acids is 1. The van der Waals surface area contributed by atoms with E-state index in [9.17, 15) is 23.2 Å². The molecule has 2 heterocycles. The highest BCUT2D eigenvalue weighted by Gasteiger charge is 2.51. The summed E-state index contributed by atoms with van der Waals surface area (Å²) in [5, 5.41) is 17.4. The number of fused-ring (bicyclic) bond motifs is 1. The van der Waals surface area contributed by atoms with Gasteiger partial charge in [-0.25, -0.2) is 4.80 Å². The summed E-state index contributed by atoms with van der Waals surface area (Å²) < 4.78 is 44.5. The topological polar surface area (TPSA) is 78.9 Å². The second-order valence-electron chi connectivity index (χ2n) is 11.6. The number of nitriles is 1. The number of aryl methyl sites for hydroxylation is 1. The Morgan fingerprint density at radius 2 is 1.95 bits per heavy atom. The molecular formula is C29H33F3N6O. The average molecular weight is 539 g/mol. The summed E-state index contributed by atoms with van der Waals surface area (Å²) in [6.45, 7) is 2.21. The molecule has 3 aliphatic rings. The number of carbonyl (C=O) groups is 1. The fourth-order valence-corrected chi connectivity index (χ4v) is 6.40. The van der Waals surface area contributed by atoms with Crippen LogP contribution in [0.1, 0.15) is 78.9 Å². The molecule has 0 spiro atoms. The van der Waals surface area contributed by atoms with Crippen LogP contribution in [-0.4, -0.2) is 26.0 Å². The van der Waals surface area contributed by atoms with Gasteiger partial charge in [-0.1, -0.05) is 12.1 Å². The van der Waals surface area contributed by atoms with Crippen molar-refractivity contribution in [3.05, 3.63) is 70.0 Å². The average Bonchev–Trinajstić information content (AvgIpc) is 3.20. The summed E-state index contributed by atoms with van der Waals surface area (Å²) in [6.07, 6.45) is -0.283. The maximum atomic E-state index is 14.2. The van der Waals surface area contributed by atoms with E-state index in [1.807, 2.05) is 37.0 Å². The van der Waals surface area contributed by atoms with E-state index in [1.54, 1.807) is 16.9 Å². The Labute approximate surface area is 226 Å². The van der Waals surface area contributed by atoms with E-state index in [1.165, 1.54) is 11.0 Å². The SMILES string of the molecule is Cn1nc(C2(c3cccc(N4Cc5c(cc(CNC6(C)CCC6)cc5C(F)(F)F)C4=O)c3)CC(C#N)C2)n1C.[HH]. The van der Waals surface area contributed by atoms with Crippen LogP contribution in [0.2, 0.25) is 0 Å². The second-order valence-corrected chi connectivity index (χ2v) is 11.6. The Kier molecular flexibility index (Phi) is 5.74. The first-order valence-corrected chi connectivity index (χ1v) is 13.3. The highest BCUT2D eigenvalue weighted by atomic mass is 19.4. The molecule has 2 aromatic carbocycles. The molecule has 3 aromatic rings. The molecule has 0 atom stereocenters. The van der Waals surface area contributed by atoms with Crippen molar-refractivity contribution in [3.63, 3.8) is 0 Å². The Hall–Kier alpha value is -3.58. The Bertz CT molecular complexity index is 1510. The minimum atomic E-state index is -4.57. The van der Waals surface area contributed by atoms with Gasteiger partial charge >= 0.3 is 6.18 Å². The molecule has 2 aliphatic carbocycles. The zero-order chi connectivity index (χ0) is 27.7. The third kappa shape index (κ3) is 4.06. The summed E-state index contributed by atoms with van der Waals surface area (Å²) in [7, 11) is 3.74. The molecule has 10 heteroatoms. The van der Waals surface area contributed by atoms with E-state index in [2.05, 4.69) is 23.4 Å². The minimum absolute atomic E-state index is 0. The second kappa shape index (κ2) is 8.71. The van der Waals surface area contributed by atoms with E-state index in [0.717, 1.165) is 30.7 Å². The van der Waals surface area contributed by atoms with Gasteiger partial charge in [0.15, 0.2) is 5.82 Å². The number of hydrogen-bond acceptors (Lipinski definition) is 4. The summed E-state index contributed by atoms with van der Waals surface area (Å²) in [5.41, 5.74) is 0.753. The van der Waals surface area contributed by atoms with Crippen molar-refractivity contribution >= 4 is 11.6 Å². The number of halogens is 3. The fraction of sp³-hybridized carbons (Fsp3) is 0.483. The zero-order valence-corrected chi connectivity index (χ0v) is 22.3. The predicted molar refractivity (Wildman–Crippen MR) is 141 cm³/mol. The first-order valence-electron chi connectivity index (χ1n) is 13.3. The maximum absolute atomic E-state index is 14.2. The highest BCUT2D eigenvalue weighted by molar-refractivity contribution is 6.10. The number of nitrogens with zero attached hydrogens (tertiary/aromatic N) is 5. The van der Waals surface area contributed by atoms with Crippen LogP contribution in [0.5, 0.6) is 0 Å². The number of hydrogen-bond donors (Lipinski definition) is 1. The van der Waals surface area contributed by atoms with E-state index in [4.69, 9.17) is 0 Å². The van der Waals surface area contributed by atoms with Crippen LogP contribution in [0.3, 0.4) is 0 Å². The van der Waals surface area contributed by atoms with Gasteiger partial charge in [0.05, 0.1) is 23.6 Å². The molecule has 1 N–H and O–H groups in total. The van der Waals surface area contributed by atoms with Crippen molar-refractivity contribution in [2.24, 2.45) is 20.0 Å². The van der Waals surface area contributed by atoms with Crippen molar-refractivity contribution in [2.45, 2.75) is 69.2 Å². The molecule has 1 aromatic heterocycles. The molecule has 0 bridgehead atoms. The Morgan fingerprint density at radius 1 is 1.21 bits per heavy atom. The lowest BCUT2D eigenvalue weighted by Gasteiger charge is -2.47. The number of amides is 1. The molecule has 6 rings (SSSR count). The van der Waals surface area contributed by atoms with Crippen molar-refractivity contribution < 1.29 is 19.4 Å². The van der Waals surface area contributed by atoms with Gasteiger partial charge in [-0.05, 0) is 80.0 Å². The van der Waals surface area contributed by atoms with Gasteiger partial charge in [0.25, 0.3) is 5.91 Å². The molecule has 7 nitrogen and oxygen atoms in total. The third-order valence-electron chi connectivity index (χ3n) is 9.07. The monoisotopic (exact) mass is 538 g/mol. The van der Waals surface area contributed by atoms with Crippen LogP contribution in [-0.2, 0) is 38.8 Å². The quantitative estimate of drug-likeness (QED) is 0.454. The van der Waals surface area contributed by atoms with E-state index in [-0.39, 0.29) is 37.1 Å². The van der Waals surface area contributed by atoms with Crippen LogP contribution in [0.15, 0.2) is 36.4 Å². The largest absolute Gasteiger partial charge is 0.416 e. The number of nitrogens with one attached hydrogen (secondary N) is 1. The lowest BCUT2D eigenvalue weighted by Crippen LogP contribution is -2.48. The molecule has 39 heavy (non-hydrogen) atoms. The van der Waals surface area contributed by atoms with E-state index < -0.39 is 23.1 Å². The highest BCUT2D eigenvalue weighted by Crippen LogP contribution is 2.52. The molecule has 0 unspecified atom stereocenters. The van der Waals surface area contributed by atoms with Crippen LogP contribution >= 0.6 is 0 Å².